The highest BCUT2D eigenvalue weighted by Crippen LogP contribution is 2.34. The van der Waals surface area contributed by atoms with Crippen molar-refractivity contribution in [2.75, 3.05) is 12.8 Å². The zero-order valence-electron chi connectivity index (χ0n) is 9.22. The fraction of sp³-hybridized carbons (Fsp3) is 0.333. The first-order chi connectivity index (χ1) is 8.38. The lowest BCUT2D eigenvalue weighted by Gasteiger charge is -2.08. The zero-order chi connectivity index (χ0) is 13.9. The van der Waals surface area contributed by atoms with Crippen LogP contribution < -0.4 is 5.73 Å². The van der Waals surface area contributed by atoms with E-state index >= 15 is 0 Å². The summed E-state index contributed by atoms with van der Waals surface area (Å²) >= 11 is 0. The largest absolute Gasteiger partial charge is 0.469 e. The summed E-state index contributed by atoms with van der Waals surface area (Å²) in [4.78, 5) is 23.8. The van der Waals surface area contributed by atoms with Gasteiger partial charge in [-0.05, 0) is 9.91 Å². The van der Waals surface area contributed by atoms with E-state index in [2.05, 4.69) is 9.72 Å². The summed E-state index contributed by atoms with van der Waals surface area (Å²) in [6, 6.07) is 0. The fourth-order valence-electron chi connectivity index (χ4n) is 1.30. The molecule has 9 heteroatoms. The Kier molecular flexibility index (Phi) is 4.08. The van der Waals surface area contributed by atoms with Gasteiger partial charge < -0.3 is 20.6 Å². The number of pyridine rings is 1. The topological polar surface area (TPSA) is 108 Å². The molecule has 0 fully saturated rings. The van der Waals surface area contributed by atoms with Crippen molar-refractivity contribution in [3.8, 4) is 0 Å². The van der Waals surface area contributed by atoms with Gasteiger partial charge in [0.05, 0.1) is 19.2 Å². The molecule has 1 rings (SSSR count). The summed E-state index contributed by atoms with van der Waals surface area (Å²) in [6.07, 6.45) is -2.63. The molecule has 0 aromatic carbocycles. The molecule has 1 aromatic heterocycles. The van der Waals surface area contributed by atoms with Crippen LogP contribution in [0.15, 0.2) is 6.20 Å². The average Bonchev–Trinajstić information content (AvgIpc) is 2.30. The number of halogens is 2. The van der Waals surface area contributed by atoms with Crippen molar-refractivity contribution in [2.24, 2.45) is 0 Å². The summed E-state index contributed by atoms with van der Waals surface area (Å²) in [5.74, 6) is -1.73. The third-order valence-electron chi connectivity index (χ3n) is 2.17. The maximum atomic E-state index is 12.7. The van der Waals surface area contributed by atoms with Gasteiger partial charge in [0.1, 0.15) is 11.8 Å². The second-order valence-corrected chi connectivity index (χ2v) is 3.25. The molecule has 0 amide bonds. The molecule has 0 atom stereocenters. The molecular formula is C9H9F2N3O4. The number of anilines is 1. The number of carbonyl (C=O) groups is 1. The molecule has 0 aliphatic rings. The van der Waals surface area contributed by atoms with E-state index in [0.717, 1.165) is 13.3 Å². The molecule has 0 spiro atoms. The second-order valence-electron chi connectivity index (χ2n) is 3.25. The molecule has 1 aromatic rings. The van der Waals surface area contributed by atoms with Gasteiger partial charge in [-0.15, -0.1) is 0 Å². The number of methoxy groups -OCH3 is 1. The minimum absolute atomic E-state index is 0.0391. The van der Waals surface area contributed by atoms with E-state index in [0.29, 0.717) is 0 Å². The maximum Gasteiger partial charge on any atom is 0.374 e. The van der Waals surface area contributed by atoms with Crippen LogP contribution in [0.25, 0.3) is 0 Å². The summed E-state index contributed by atoms with van der Waals surface area (Å²) < 4.78 is 29.8. The van der Waals surface area contributed by atoms with Crippen LogP contribution in [0.1, 0.15) is 17.6 Å². The van der Waals surface area contributed by atoms with E-state index in [-0.39, 0.29) is 12.0 Å². The Morgan fingerprint density at radius 2 is 2.28 bits per heavy atom. The van der Waals surface area contributed by atoms with Crippen molar-refractivity contribution >= 4 is 17.5 Å². The van der Waals surface area contributed by atoms with Gasteiger partial charge in [-0.1, -0.05) is 0 Å². The Labute approximate surface area is 99.7 Å². The lowest BCUT2D eigenvalue weighted by atomic mass is 10.1. The quantitative estimate of drug-likeness (QED) is 0.496. The number of nitrogen functional groups attached to an aromatic ring is 1. The Hall–Kier alpha value is -2.32. The monoisotopic (exact) mass is 261 g/mol. The first kappa shape index (κ1) is 13.7. The number of nitro groups is 1. The van der Waals surface area contributed by atoms with Gasteiger partial charge in [-0.25, -0.2) is 8.78 Å². The third-order valence-corrected chi connectivity index (χ3v) is 2.17. The van der Waals surface area contributed by atoms with Crippen LogP contribution in [-0.2, 0) is 16.0 Å². The predicted molar refractivity (Wildman–Crippen MR) is 56.0 cm³/mol. The summed E-state index contributed by atoms with van der Waals surface area (Å²) in [5, 5.41) is 10.5. The molecule has 0 unspecified atom stereocenters. The number of esters is 1. The van der Waals surface area contributed by atoms with Gasteiger partial charge in [-0.2, -0.15) is 0 Å². The van der Waals surface area contributed by atoms with Crippen LogP contribution >= 0.6 is 0 Å². The number of nitrogens with two attached hydrogens (primary N) is 1. The summed E-state index contributed by atoms with van der Waals surface area (Å²) in [5.41, 5.74) is 3.85. The molecule has 18 heavy (non-hydrogen) atoms. The van der Waals surface area contributed by atoms with E-state index < -0.39 is 34.4 Å². The normalized spacial score (nSPS) is 10.4. The Bertz CT molecular complexity index is 493. The van der Waals surface area contributed by atoms with E-state index in [1.807, 2.05) is 0 Å². The van der Waals surface area contributed by atoms with Gasteiger partial charge in [0.25, 0.3) is 6.43 Å². The lowest BCUT2D eigenvalue weighted by Crippen LogP contribution is -2.11. The minimum Gasteiger partial charge on any atom is -0.469 e. The average molecular weight is 261 g/mol. The van der Waals surface area contributed by atoms with Gasteiger partial charge >= 0.3 is 11.8 Å². The van der Waals surface area contributed by atoms with Gasteiger partial charge in [0, 0.05) is 5.56 Å². The SMILES string of the molecule is COC(=O)Cc1cnc([N+](=O)[O-])c(C(F)F)c1N. The van der Waals surface area contributed by atoms with Crippen molar-refractivity contribution in [3.05, 3.63) is 27.4 Å². The molecule has 2 N–H and O–H groups in total. The van der Waals surface area contributed by atoms with Gasteiger partial charge in [0.2, 0.25) is 0 Å². The molecular weight excluding hydrogens is 252 g/mol. The van der Waals surface area contributed by atoms with E-state index in [4.69, 9.17) is 5.73 Å². The number of hydrogen-bond donors (Lipinski definition) is 1. The van der Waals surface area contributed by atoms with Gasteiger partial charge in [-0.3, -0.25) is 4.79 Å². The first-order valence-corrected chi connectivity index (χ1v) is 4.65. The predicted octanol–water partition coefficient (Wildman–Crippen LogP) is 1.23. The Morgan fingerprint density at radius 1 is 1.67 bits per heavy atom. The molecule has 0 aliphatic carbocycles. The molecule has 0 bridgehead atoms. The molecule has 0 saturated heterocycles. The number of carbonyl (C=O) groups excluding carboxylic acids is 1. The molecule has 0 aliphatic heterocycles. The van der Waals surface area contributed by atoms with Crippen LogP contribution in [-0.4, -0.2) is 23.0 Å². The molecule has 7 nitrogen and oxygen atoms in total. The van der Waals surface area contributed by atoms with Crippen LogP contribution in [0, 0.1) is 10.1 Å². The highest BCUT2D eigenvalue weighted by atomic mass is 19.3. The molecule has 1 heterocycles. The first-order valence-electron chi connectivity index (χ1n) is 4.65. The number of rotatable bonds is 4. The lowest BCUT2D eigenvalue weighted by molar-refractivity contribution is -0.391. The number of hydrogen-bond acceptors (Lipinski definition) is 6. The van der Waals surface area contributed by atoms with E-state index in [1.54, 1.807) is 0 Å². The molecule has 0 radical (unpaired) electrons. The minimum atomic E-state index is -3.16. The van der Waals surface area contributed by atoms with Crippen molar-refractivity contribution in [1.82, 2.24) is 4.98 Å². The van der Waals surface area contributed by atoms with Crippen molar-refractivity contribution in [3.63, 3.8) is 0 Å². The number of ether oxygens (including phenoxy) is 1. The van der Waals surface area contributed by atoms with E-state index in [9.17, 15) is 23.7 Å². The third kappa shape index (κ3) is 2.67. The van der Waals surface area contributed by atoms with Crippen LogP contribution in [0.2, 0.25) is 0 Å². The second kappa shape index (κ2) is 5.34. The van der Waals surface area contributed by atoms with Crippen molar-refractivity contribution in [1.29, 1.82) is 0 Å². The highest BCUT2D eigenvalue weighted by molar-refractivity contribution is 5.76. The van der Waals surface area contributed by atoms with Crippen molar-refractivity contribution in [2.45, 2.75) is 12.8 Å². The molecule has 98 valence electrons. The Morgan fingerprint density at radius 3 is 2.72 bits per heavy atom. The van der Waals surface area contributed by atoms with Crippen LogP contribution in [0.5, 0.6) is 0 Å². The number of aromatic nitrogens is 1. The summed E-state index contributed by atoms with van der Waals surface area (Å²) in [6.45, 7) is 0. The van der Waals surface area contributed by atoms with Gasteiger partial charge in [0.15, 0.2) is 0 Å². The number of alkyl halides is 2. The highest BCUT2D eigenvalue weighted by Gasteiger charge is 2.28. The maximum absolute atomic E-state index is 12.7. The molecule has 0 saturated carbocycles. The van der Waals surface area contributed by atoms with Crippen LogP contribution in [0.3, 0.4) is 0 Å². The fourth-order valence-corrected chi connectivity index (χ4v) is 1.30. The summed E-state index contributed by atoms with van der Waals surface area (Å²) in [7, 11) is 1.12. The number of nitrogens with zero attached hydrogens (tertiary/aromatic N) is 2. The smallest absolute Gasteiger partial charge is 0.374 e. The Balaban J connectivity index is 3.30. The zero-order valence-corrected chi connectivity index (χ0v) is 9.22. The van der Waals surface area contributed by atoms with Crippen LogP contribution in [0.4, 0.5) is 20.3 Å². The van der Waals surface area contributed by atoms with E-state index in [1.165, 1.54) is 0 Å². The standard InChI is InChI=1S/C9H9F2N3O4/c1-18-5(15)2-4-3-13-9(14(16)17)6(7(4)12)8(10)11/h3,8H,2H2,1H3,(H2,12,13). The van der Waals surface area contributed by atoms with Crippen molar-refractivity contribution < 1.29 is 23.2 Å².